The monoisotopic (exact) mass is 328 g/mol. The SMILES string of the molecule is O=C(CNC(=O)c1ccc(Br)cc1)NCCCCO. The Hall–Kier alpha value is -1.40. The molecule has 1 aromatic rings. The molecule has 1 aromatic carbocycles. The summed E-state index contributed by atoms with van der Waals surface area (Å²) in [5, 5.41) is 13.8. The largest absolute Gasteiger partial charge is 0.396 e. The molecule has 0 saturated heterocycles. The third-order valence-electron chi connectivity index (χ3n) is 2.42. The minimum absolute atomic E-state index is 0.0476. The van der Waals surface area contributed by atoms with Gasteiger partial charge in [-0.3, -0.25) is 9.59 Å². The summed E-state index contributed by atoms with van der Waals surface area (Å²) in [7, 11) is 0. The first-order valence-electron chi connectivity index (χ1n) is 6.05. The first-order valence-corrected chi connectivity index (χ1v) is 6.84. The van der Waals surface area contributed by atoms with E-state index in [4.69, 9.17) is 5.11 Å². The number of aliphatic hydroxyl groups is 1. The molecule has 2 amide bonds. The van der Waals surface area contributed by atoms with Gasteiger partial charge in [-0.2, -0.15) is 0 Å². The molecule has 0 aliphatic carbocycles. The van der Waals surface area contributed by atoms with Crippen molar-refractivity contribution in [1.82, 2.24) is 10.6 Å². The lowest BCUT2D eigenvalue weighted by Gasteiger charge is -2.06. The molecule has 3 N–H and O–H groups in total. The van der Waals surface area contributed by atoms with Crippen molar-refractivity contribution in [3.8, 4) is 0 Å². The zero-order valence-electron chi connectivity index (χ0n) is 10.5. The molecule has 0 aliphatic heterocycles. The van der Waals surface area contributed by atoms with Gasteiger partial charge in [0.15, 0.2) is 0 Å². The Morgan fingerprint density at radius 3 is 2.42 bits per heavy atom. The summed E-state index contributed by atoms with van der Waals surface area (Å²) in [5.41, 5.74) is 0.510. The Morgan fingerprint density at radius 2 is 1.79 bits per heavy atom. The summed E-state index contributed by atoms with van der Waals surface area (Å²) >= 11 is 3.28. The maximum absolute atomic E-state index is 11.7. The molecule has 0 saturated carbocycles. The number of rotatable bonds is 7. The first-order chi connectivity index (χ1) is 9.13. The molecule has 6 heteroatoms. The Morgan fingerprint density at radius 1 is 1.11 bits per heavy atom. The molecule has 0 unspecified atom stereocenters. The highest BCUT2D eigenvalue weighted by atomic mass is 79.9. The van der Waals surface area contributed by atoms with Crippen LogP contribution in [0.25, 0.3) is 0 Å². The van der Waals surface area contributed by atoms with Gasteiger partial charge in [-0.1, -0.05) is 15.9 Å². The second-order valence-electron chi connectivity index (χ2n) is 3.97. The van der Waals surface area contributed by atoms with Crippen molar-refractivity contribution in [2.75, 3.05) is 19.7 Å². The van der Waals surface area contributed by atoms with Gasteiger partial charge in [0.1, 0.15) is 0 Å². The number of amides is 2. The van der Waals surface area contributed by atoms with Gasteiger partial charge in [-0.25, -0.2) is 0 Å². The molecule has 0 spiro atoms. The molecule has 0 radical (unpaired) electrons. The van der Waals surface area contributed by atoms with Gasteiger partial charge in [-0.15, -0.1) is 0 Å². The van der Waals surface area contributed by atoms with Crippen LogP contribution in [0.4, 0.5) is 0 Å². The van der Waals surface area contributed by atoms with Gasteiger partial charge < -0.3 is 15.7 Å². The summed E-state index contributed by atoms with van der Waals surface area (Å²) < 4.78 is 0.894. The zero-order valence-corrected chi connectivity index (χ0v) is 12.1. The van der Waals surface area contributed by atoms with Crippen LogP contribution in [0.15, 0.2) is 28.7 Å². The van der Waals surface area contributed by atoms with Crippen LogP contribution in [0, 0.1) is 0 Å². The number of nitrogens with one attached hydrogen (secondary N) is 2. The average molecular weight is 329 g/mol. The van der Waals surface area contributed by atoms with Crippen LogP contribution >= 0.6 is 15.9 Å². The van der Waals surface area contributed by atoms with Crippen LogP contribution < -0.4 is 10.6 Å². The Bertz CT molecular complexity index is 420. The van der Waals surface area contributed by atoms with Gasteiger partial charge in [0, 0.05) is 23.2 Å². The maximum atomic E-state index is 11.7. The fraction of sp³-hybridized carbons (Fsp3) is 0.385. The molecule has 0 aliphatic rings. The van der Waals surface area contributed by atoms with E-state index in [1.165, 1.54) is 0 Å². The molecule has 0 bridgehead atoms. The number of carbonyl (C=O) groups excluding carboxylic acids is 2. The number of aliphatic hydroxyl groups excluding tert-OH is 1. The third-order valence-corrected chi connectivity index (χ3v) is 2.95. The van der Waals surface area contributed by atoms with Crippen molar-refractivity contribution in [2.24, 2.45) is 0 Å². The van der Waals surface area contributed by atoms with E-state index >= 15 is 0 Å². The highest BCUT2D eigenvalue weighted by Gasteiger charge is 2.07. The number of hydrogen-bond acceptors (Lipinski definition) is 3. The highest BCUT2D eigenvalue weighted by Crippen LogP contribution is 2.10. The van der Waals surface area contributed by atoms with E-state index in [9.17, 15) is 9.59 Å². The summed E-state index contributed by atoms with van der Waals surface area (Å²) in [4.78, 5) is 23.1. The van der Waals surface area contributed by atoms with E-state index in [0.29, 0.717) is 18.5 Å². The molecular formula is C13H17BrN2O3. The quantitative estimate of drug-likeness (QED) is 0.655. The van der Waals surface area contributed by atoms with Crippen molar-refractivity contribution in [1.29, 1.82) is 0 Å². The van der Waals surface area contributed by atoms with Gasteiger partial charge in [0.25, 0.3) is 5.91 Å². The molecule has 19 heavy (non-hydrogen) atoms. The lowest BCUT2D eigenvalue weighted by atomic mass is 10.2. The second-order valence-corrected chi connectivity index (χ2v) is 4.89. The van der Waals surface area contributed by atoms with Crippen LogP contribution in [0.5, 0.6) is 0 Å². The Kier molecular flexibility index (Phi) is 7.14. The third kappa shape index (κ3) is 6.35. The molecular weight excluding hydrogens is 312 g/mol. The predicted octanol–water partition coefficient (Wildman–Crippen LogP) is 1.07. The Labute approximate surface area is 120 Å². The van der Waals surface area contributed by atoms with Crippen molar-refractivity contribution in [2.45, 2.75) is 12.8 Å². The fourth-order valence-electron chi connectivity index (χ4n) is 1.39. The van der Waals surface area contributed by atoms with E-state index in [0.717, 1.165) is 10.9 Å². The van der Waals surface area contributed by atoms with Crippen LogP contribution in [-0.2, 0) is 4.79 Å². The average Bonchev–Trinajstić information content (AvgIpc) is 2.42. The van der Waals surface area contributed by atoms with E-state index in [2.05, 4.69) is 26.6 Å². The minimum Gasteiger partial charge on any atom is -0.396 e. The zero-order chi connectivity index (χ0) is 14.1. The van der Waals surface area contributed by atoms with Crippen molar-refractivity contribution >= 4 is 27.7 Å². The molecule has 1 rings (SSSR count). The fourth-order valence-corrected chi connectivity index (χ4v) is 1.66. The summed E-state index contributed by atoms with van der Waals surface area (Å²) in [6.45, 7) is 0.581. The summed E-state index contributed by atoms with van der Waals surface area (Å²) in [6.07, 6.45) is 1.38. The normalized spacial score (nSPS) is 10.0. The van der Waals surface area contributed by atoms with E-state index in [-0.39, 0.29) is 25.0 Å². The van der Waals surface area contributed by atoms with Crippen LogP contribution in [0.1, 0.15) is 23.2 Å². The molecule has 104 valence electrons. The molecule has 0 aromatic heterocycles. The standard InChI is InChI=1S/C13H17BrN2O3/c14-11-5-3-10(4-6-11)13(19)16-9-12(18)15-7-1-2-8-17/h3-6,17H,1-2,7-9H2,(H,15,18)(H,16,19). The Balaban J connectivity index is 2.26. The number of unbranched alkanes of at least 4 members (excludes halogenated alkanes) is 1. The predicted molar refractivity (Wildman–Crippen MR) is 75.8 cm³/mol. The van der Waals surface area contributed by atoms with Gasteiger partial charge in [0.2, 0.25) is 5.91 Å². The number of halogens is 1. The molecule has 0 fully saturated rings. The summed E-state index contributed by atoms with van der Waals surface area (Å²) in [5.74, 6) is -0.513. The first kappa shape index (κ1) is 15.7. The lowest BCUT2D eigenvalue weighted by Crippen LogP contribution is -2.37. The van der Waals surface area contributed by atoms with Gasteiger partial charge in [0.05, 0.1) is 6.54 Å². The maximum Gasteiger partial charge on any atom is 0.251 e. The molecule has 5 nitrogen and oxygen atoms in total. The number of benzene rings is 1. The highest BCUT2D eigenvalue weighted by molar-refractivity contribution is 9.10. The minimum atomic E-state index is -0.280. The molecule has 0 atom stereocenters. The second kappa shape index (κ2) is 8.66. The summed E-state index contributed by atoms with van der Waals surface area (Å²) in [6, 6.07) is 6.89. The van der Waals surface area contributed by atoms with Crippen molar-refractivity contribution in [3.05, 3.63) is 34.3 Å². The topological polar surface area (TPSA) is 78.4 Å². The van der Waals surface area contributed by atoms with Gasteiger partial charge in [-0.05, 0) is 37.1 Å². The van der Waals surface area contributed by atoms with Gasteiger partial charge >= 0.3 is 0 Å². The van der Waals surface area contributed by atoms with Crippen LogP contribution in [-0.4, -0.2) is 36.6 Å². The van der Waals surface area contributed by atoms with Crippen molar-refractivity contribution < 1.29 is 14.7 Å². The van der Waals surface area contributed by atoms with Crippen LogP contribution in [0.3, 0.4) is 0 Å². The molecule has 0 heterocycles. The number of carbonyl (C=O) groups is 2. The van der Waals surface area contributed by atoms with Crippen molar-refractivity contribution in [3.63, 3.8) is 0 Å². The van der Waals surface area contributed by atoms with E-state index < -0.39 is 0 Å². The number of hydrogen-bond donors (Lipinski definition) is 3. The smallest absolute Gasteiger partial charge is 0.251 e. The van der Waals surface area contributed by atoms with E-state index in [1.54, 1.807) is 24.3 Å². The lowest BCUT2D eigenvalue weighted by molar-refractivity contribution is -0.120. The van der Waals surface area contributed by atoms with E-state index in [1.807, 2.05) is 0 Å². The van der Waals surface area contributed by atoms with Crippen LogP contribution in [0.2, 0.25) is 0 Å².